The summed E-state index contributed by atoms with van der Waals surface area (Å²) in [6, 6.07) is 59.5. The molecule has 9 aromatic rings. The van der Waals surface area contributed by atoms with Gasteiger partial charge in [-0.15, -0.1) is 0 Å². The van der Waals surface area contributed by atoms with Crippen molar-refractivity contribution in [3.8, 4) is 56.0 Å². The average molecular weight is 687 g/mol. The van der Waals surface area contributed by atoms with Crippen LogP contribution in [0.15, 0.2) is 182 Å². The van der Waals surface area contributed by atoms with Crippen molar-refractivity contribution in [2.24, 2.45) is 0 Å². The van der Waals surface area contributed by atoms with Gasteiger partial charge in [-0.1, -0.05) is 164 Å². The van der Waals surface area contributed by atoms with Crippen molar-refractivity contribution in [2.75, 3.05) is 0 Å². The molecule has 0 radical (unpaired) electrons. The van der Waals surface area contributed by atoms with E-state index in [1.807, 2.05) is 0 Å². The normalized spacial score (nSPS) is 13.3. The number of rotatable bonds is 3. The van der Waals surface area contributed by atoms with Gasteiger partial charge in [0.05, 0.1) is 5.69 Å². The number of benzene rings is 8. The quantitative estimate of drug-likeness (QED) is 0.173. The summed E-state index contributed by atoms with van der Waals surface area (Å²) >= 11 is 0. The van der Waals surface area contributed by atoms with Crippen LogP contribution in [0.3, 0.4) is 0 Å². The topological polar surface area (TPSA) is 25.8 Å². The Bertz CT molecular complexity index is 3000. The monoisotopic (exact) mass is 686 g/mol. The minimum atomic E-state index is 0.739. The highest BCUT2D eigenvalue weighted by molar-refractivity contribution is 6.21. The third kappa shape index (κ3) is 4.81. The number of nitrogens with zero attached hydrogens (tertiary/aromatic N) is 2. The van der Waals surface area contributed by atoms with E-state index < -0.39 is 0 Å². The van der Waals surface area contributed by atoms with Crippen molar-refractivity contribution >= 4 is 43.5 Å². The molecular formula is C52H34N2. The van der Waals surface area contributed by atoms with E-state index in [4.69, 9.17) is 9.97 Å². The standard InChI is InChI=1S/C52H34N2/c1-2-15-34-30-36(29-28-33(34)14-1)35-16-13-17-37(31-35)49-43-23-8-10-25-45(43)50(46-26-11-9-24-44(46)49)52-53-32-48-42-22-6-5-20-40(42)38-18-3-4-19-39(38)41-21-7-12-27-47(41)51(48)54-52/h1-4,6-19,21-32H,5,20H2. The molecule has 0 N–H and O–H groups in total. The van der Waals surface area contributed by atoms with Gasteiger partial charge in [-0.25, -0.2) is 9.97 Å². The van der Waals surface area contributed by atoms with Gasteiger partial charge in [0, 0.05) is 22.9 Å². The van der Waals surface area contributed by atoms with Crippen LogP contribution in [0.2, 0.25) is 0 Å². The highest BCUT2D eigenvalue weighted by Gasteiger charge is 2.26. The number of fused-ring (bicyclic) bond motifs is 10. The molecule has 2 aliphatic rings. The van der Waals surface area contributed by atoms with E-state index in [9.17, 15) is 0 Å². The van der Waals surface area contributed by atoms with Gasteiger partial charge < -0.3 is 0 Å². The van der Waals surface area contributed by atoms with E-state index in [0.717, 1.165) is 51.8 Å². The molecule has 0 bridgehead atoms. The molecule has 2 heteroatoms. The molecule has 11 rings (SSSR count). The lowest BCUT2D eigenvalue weighted by Crippen LogP contribution is -2.06. The first-order valence-corrected chi connectivity index (χ1v) is 18.8. The van der Waals surface area contributed by atoms with Crippen LogP contribution in [0.5, 0.6) is 0 Å². The lowest BCUT2D eigenvalue weighted by atomic mass is 9.80. The molecule has 1 aromatic heterocycles. The molecule has 1 heterocycles. The maximum atomic E-state index is 5.59. The van der Waals surface area contributed by atoms with E-state index in [1.165, 1.54) is 71.6 Å². The second-order valence-corrected chi connectivity index (χ2v) is 14.4. The number of hydrogen-bond donors (Lipinski definition) is 0. The van der Waals surface area contributed by atoms with Gasteiger partial charge in [0.15, 0.2) is 5.82 Å². The maximum absolute atomic E-state index is 5.59. The summed E-state index contributed by atoms with van der Waals surface area (Å²) < 4.78 is 0. The van der Waals surface area contributed by atoms with E-state index in [1.54, 1.807) is 0 Å². The molecular weight excluding hydrogens is 653 g/mol. The molecule has 0 amide bonds. The van der Waals surface area contributed by atoms with Gasteiger partial charge in [0.1, 0.15) is 0 Å². The van der Waals surface area contributed by atoms with Crippen LogP contribution >= 0.6 is 0 Å². The molecule has 2 nitrogen and oxygen atoms in total. The number of hydrogen-bond acceptors (Lipinski definition) is 2. The molecule has 0 saturated heterocycles. The van der Waals surface area contributed by atoms with Crippen molar-refractivity contribution in [3.05, 3.63) is 193 Å². The largest absolute Gasteiger partial charge is 0.236 e. The minimum absolute atomic E-state index is 0.739. The molecule has 0 saturated carbocycles. The molecule has 0 unspecified atom stereocenters. The second-order valence-electron chi connectivity index (χ2n) is 14.4. The van der Waals surface area contributed by atoms with Crippen molar-refractivity contribution in [3.63, 3.8) is 0 Å². The Morgan fingerprint density at radius 3 is 1.78 bits per heavy atom. The van der Waals surface area contributed by atoms with Gasteiger partial charge in [0.2, 0.25) is 0 Å². The van der Waals surface area contributed by atoms with Crippen molar-refractivity contribution in [1.82, 2.24) is 9.97 Å². The first kappa shape index (κ1) is 30.7. The van der Waals surface area contributed by atoms with Crippen LogP contribution < -0.4 is 0 Å². The van der Waals surface area contributed by atoms with Gasteiger partial charge in [-0.05, 0) is 107 Å². The van der Waals surface area contributed by atoms with Crippen molar-refractivity contribution in [2.45, 2.75) is 12.8 Å². The molecule has 0 fully saturated rings. The number of aromatic nitrogens is 2. The van der Waals surface area contributed by atoms with Crippen LogP contribution in [0.4, 0.5) is 0 Å². The van der Waals surface area contributed by atoms with Crippen LogP contribution in [0.1, 0.15) is 24.0 Å². The smallest absolute Gasteiger partial charge is 0.161 e. The zero-order chi connectivity index (χ0) is 35.6. The van der Waals surface area contributed by atoms with Gasteiger partial charge in [0.25, 0.3) is 0 Å². The molecule has 0 aliphatic heterocycles. The molecule has 0 spiro atoms. The molecule has 8 aromatic carbocycles. The Morgan fingerprint density at radius 1 is 0.426 bits per heavy atom. The highest BCUT2D eigenvalue weighted by atomic mass is 14.9. The SMILES string of the molecule is C1=CC2=C(CC1)c1ccccc1-c1ccccc1-c1nc(-c3c4ccccc4c(-c4cccc(-c5ccc6ccccc6c5)c4)c4ccccc34)ncc12. The summed E-state index contributed by atoms with van der Waals surface area (Å²) in [5.74, 6) is 0.739. The first-order valence-electron chi connectivity index (χ1n) is 18.8. The van der Waals surface area contributed by atoms with E-state index in [2.05, 4.69) is 182 Å². The number of allylic oxidation sites excluding steroid dienone is 4. The Labute approximate surface area is 314 Å². The summed E-state index contributed by atoms with van der Waals surface area (Å²) in [6.07, 6.45) is 8.68. The summed E-state index contributed by atoms with van der Waals surface area (Å²) in [6.45, 7) is 0. The van der Waals surface area contributed by atoms with E-state index >= 15 is 0 Å². The lowest BCUT2D eigenvalue weighted by molar-refractivity contribution is 1.05. The van der Waals surface area contributed by atoms with E-state index in [0.29, 0.717) is 0 Å². The Balaban J connectivity index is 1.15. The molecule has 0 atom stereocenters. The van der Waals surface area contributed by atoms with Crippen molar-refractivity contribution < 1.29 is 0 Å². The first-order chi connectivity index (χ1) is 26.8. The molecule has 252 valence electrons. The lowest BCUT2D eigenvalue weighted by Gasteiger charge is -2.25. The Kier molecular flexibility index (Phi) is 7.03. The predicted molar refractivity (Wildman–Crippen MR) is 227 cm³/mol. The Morgan fingerprint density at radius 2 is 1.02 bits per heavy atom. The fourth-order valence-corrected chi connectivity index (χ4v) is 8.91. The summed E-state index contributed by atoms with van der Waals surface area (Å²) in [7, 11) is 0. The van der Waals surface area contributed by atoms with Gasteiger partial charge in [-0.3, -0.25) is 0 Å². The van der Waals surface area contributed by atoms with Crippen LogP contribution in [-0.2, 0) is 0 Å². The molecule has 54 heavy (non-hydrogen) atoms. The van der Waals surface area contributed by atoms with Gasteiger partial charge >= 0.3 is 0 Å². The van der Waals surface area contributed by atoms with Gasteiger partial charge in [-0.2, -0.15) is 0 Å². The summed E-state index contributed by atoms with van der Waals surface area (Å²) in [4.78, 5) is 10.8. The van der Waals surface area contributed by atoms with Crippen LogP contribution in [0, 0.1) is 0 Å². The average Bonchev–Trinajstić information content (AvgIpc) is 3.25. The van der Waals surface area contributed by atoms with Crippen LogP contribution in [-0.4, -0.2) is 9.97 Å². The minimum Gasteiger partial charge on any atom is -0.236 e. The Hall–Kier alpha value is -6.90. The third-order valence-electron chi connectivity index (χ3n) is 11.4. The van der Waals surface area contributed by atoms with E-state index in [-0.39, 0.29) is 0 Å². The fourth-order valence-electron chi connectivity index (χ4n) is 8.91. The summed E-state index contributed by atoms with van der Waals surface area (Å²) in [5.41, 5.74) is 15.4. The predicted octanol–water partition coefficient (Wildman–Crippen LogP) is 13.8. The fraction of sp³-hybridized carbons (Fsp3) is 0.0385. The third-order valence-corrected chi connectivity index (χ3v) is 11.4. The zero-order valence-corrected chi connectivity index (χ0v) is 29.6. The second kappa shape index (κ2) is 12.4. The summed E-state index contributed by atoms with van der Waals surface area (Å²) in [5, 5.41) is 7.16. The van der Waals surface area contributed by atoms with Crippen LogP contribution in [0.25, 0.3) is 99.5 Å². The highest BCUT2D eigenvalue weighted by Crippen LogP contribution is 2.48. The maximum Gasteiger partial charge on any atom is 0.161 e. The van der Waals surface area contributed by atoms with Crippen molar-refractivity contribution in [1.29, 1.82) is 0 Å². The zero-order valence-electron chi connectivity index (χ0n) is 29.6. The molecule has 2 aliphatic carbocycles.